The summed E-state index contributed by atoms with van der Waals surface area (Å²) < 4.78 is 5.31. The highest BCUT2D eigenvalue weighted by Gasteiger charge is 2.14. The number of nitrogens with one attached hydrogen (secondary N) is 1. The number of pyridine rings is 1. The molecule has 0 aliphatic heterocycles. The zero-order valence-corrected chi connectivity index (χ0v) is 12.6. The maximum Gasteiger partial charge on any atom is 0.228 e. The largest absolute Gasteiger partial charge is 0.339 e. The summed E-state index contributed by atoms with van der Waals surface area (Å²) in [5, 5.41) is 7.44. The highest BCUT2D eigenvalue weighted by molar-refractivity contribution is 5.53. The van der Waals surface area contributed by atoms with E-state index < -0.39 is 0 Å². The number of nitrogens with zero attached hydrogens (tertiary/aromatic N) is 3. The lowest BCUT2D eigenvalue weighted by molar-refractivity contribution is 0.362. The first-order valence-electron chi connectivity index (χ1n) is 7.09. The summed E-state index contributed by atoms with van der Waals surface area (Å²) in [7, 11) is 0. The van der Waals surface area contributed by atoms with E-state index in [0.29, 0.717) is 17.8 Å². The third kappa shape index (κ3) is 3.63. The lowest BCUT2D eigenvalue weighted by atomic mass is 10.1. The molecule has 2 aromatic heterocycles. The Bertz CT molecular complexity index is 565. The second kappa shape index (κ2) is 6.61. The molecule has 5 heteroatoms. The summed E-state index contributed by atoms with van der Waals surface area (Å²) >= 11 is 0. The first-order valence-corrected chi connectivity index (χ1v) is 7.09. The van der Waals surface area contributed by atoms with Crippen LogP contribution in [-0.4, -0.2) is 27.7 Å². The van der Waals surface area contributed by atoms with Gasteiger partial charge in [0.05, 0.1) is 0 Å². The Morgan fingerprint density at radius 2 is 2.15 bits per heavy atom. The van der Waals surface area contributed by atoms with E-state index in [2.05, 4.69) is 40.4 Å². The third-order valence-electron chi connectivity index (χ3n) is 3.12. The van der Waals surface area contributed by atoms with Crippen molar-refractivity contribution in [1.82, 2.24) is 20.4 Å². The summed E-state index contributed by atoms with van der Waals surface area (Å²) in [6.07, 6.45) is 3.67. The average Bonchev–Trinajstić information content (AvgIpc) is 2.84. The van der Waals surface area contributed by atoms with Crippen LogP contribution in [0.15, 0.2) is 16.8 Å². The molecule has 0 amide bonds. The van der Waals surface area contributed by atoms with Crippen LogP contribution in [0, 0.1) is 13.8 Å². The molecule has 0 aromatic carbocycles. The van der Waals surface area contributed by atoms with E-state index in [4.69, 9.17) is 4.52 Å². The summed E-state index contributed by atoms with van der Waals surface area (Å²) in [4.78, 5) is 8.83. The Morgan fingerprint density at radius 3 is 2.85 bits per heavy atom. The van der Waals surface area contributed by atoms with Crippen LogP contribution in [0.3, 0.4) is 0 Å². The summed E-state index contributed by atoms with van der Waals surface area (Å²) in [5.74, 6) is 1.22. The van der Waals surface area contributed by atoms with Gasteiger partial charge < -0.3 is 9.84 Å². The molecule has 2 heterocycles. The van der Waals surface area contributed by atoms with E-state index >= 15 is 0 Å². The van der Waals surface area contributed by atoms with Crippen LogP contribution in [0.1, 0.15) is 37.3 Å². The molecular weight excluding hydrogens is 252 g/mol. The van der Waals surface area contributed by atoms with Gasteiger partial charge in [-0.2, -0.15) is 4.98 Å². The molecule has 1 atom stereocenters. The summed E-state index contributed by atoms with van der Waals surface area (Å²) in [5.41, 5.74) is 2.99. The quantitative estimate of drug-likeness (QED) is 0.877. The fourth-order valence-corrected chi connectivity index (χ4v) is 2.11. The van der Waals surface area contributed by atoms with Crippen molar-refractivity contribution in [2.45, 2.75) is 46.6 Å². The zero-order chi connectivity index (χ0) is 14.5. The van der Waals surface area contributed by atoms with Crippen LogP contribution in [0.2, 0.25) is 0 Å². The molecule has 0 aliphatic carbocycles. The highest BCUT2D eigenvalue weighted by atomic mass is 16.5. The van der Waals surface area contributed by atoms with Crippen LogP contribution < -0.4 is 5.32 Å². The first kappa shape index (κ1) is 14.7. The lowest BCUT2D eigenvalue weighted by Crippen LogP contribution is -2.28. The van der Waals surface area contributed by atoms with Crippen molar-refractivity contribution < 1.29 is 4.52 Å². The molecular formula is C15H22N4O. The van der Waals surface area contributed by atoms with Crippen molar-refractivity contribution in [2.24, 2.45) is 0 Å². The fourth-order valence-electron chi connectivity index (χ4n) is 2.11. The Kier molecular flexibility index (Phi) is 4.84. The SMILES string of the molecule is CCCNC(C)Cc1nc(-c2ncc(C)cc2C)no1. The molecule has 1 unspecified atom stereocenters. The van der Waals surface area contributed by atoms with Crippen LogP contribution in [0.25, 0.3) is 11.5 Å². The van der Waals surface area contributed by atoms with Gasteiger partial charge in [-0.3, -0.25) is 4.98 Å². The maximum absolute atomic E-state index is 5.31. The predicted molar refractivity (Wildman–Crippen MR) is 78.5 cm³/mol. The fraction of sp³-hybridized carbons (Fsp3) is 0.533. The van der Waals surface area contributed by atoms with Gasteiger partial charge in [-0.1, -0.05) is 18.1 Å². The smallest absolute Gasteiger partial charge is 0.228 e. The van der Waals surface area contributed by atoms with Gasteiger partial charge in [-0.05, 0) is 44.9 Å². The molecule has 108 valence electrons. The molecule has 5 nitrogen and oxygen atoms in total. The van der Waals surface area contributed by atoms with E-state index in [1.54, 1.807) is 0 Å². The molecule has 0 bridgehead atoms. The molecule has 0 aliphatic rings. The van der Waals surface area contributed by atoms with E-state index in [9.17, 15) is 0 Å². The summed E-state index contributed by atoms with van der Waals surface area (Å²) in [6.45, 7) is 9.30. The number of hydrogen-bond donors (Lipinski definition) is 1. The molecule has 1 N–H and O–H groups in total. The minimum absolute atomic E-state index is 0.329. The van der Waals surface area contributed by atoms with Gasteiger partial charge in [0.1, 0.15) is 5.69 Å². The van der Waals surface area contributed by atoms with Crippen molar-refractivity contribution in [3.63, 3.8) is 0 Å². The number of hydrogen-bond acceptors (Lipinski definition) is 5. The number of rotatable bonds is 6. The molecule has 0 radical (unpaired) electrons. The van der Waals surface area contributed by atoms with Crippen molar-refractivity contribution in [3.05, 3.63) is 29.3 Å². The van der Waals surface area contributed by atoms with Crippen LogP contribution in [-0.2, 0) is 6.42 Å². The van der Waals surface area contributed by atoms with Gasteiger partial charge in [-0.15, -0.1) is 0 Å². The Hall–Kier alpha value is -1.75. The van der Waals surface area contributed by atoms with Crippen molar-refractivity contribution in [1.29, 1.82) is 0 Å². The number of aromatic nitrogens is 3. The normalized spacial score (nSPS) is 12.6. The van der Waals surface area contributed by atoms with Gasteiger partial charge in [-0.25, -0.2) is 0 Å². The van der Waals surface area contributed by atoms with Crippen LogP contribution >= 0.6 is 0 Å². The monoisotopic (exact) mass is 274 g/mol. The number of aryl methyl sites for hydroxylation is 2. The zero-order valence-electron chi connectivity index (χ0n) is 12.6. The molecule has 2 aromatic rings. The minimum atomic E-state index is 0.329. The van der Waals surface area contributed by atoms with Crippen LogP contribution in [0.4, 0.5) is 0 Å². The maximum atomic E-state index is 5.31. The Balaban J connectivity index is 2.08. The molecule has 0 saturated carbocycles. The Morgan fingerprint density at radius 1 is 1.35 bits per heavy atom. The second-order valence-electron chi connectivity index (χ2n) is 5.25. The molecule has 0 saturated heterocycles. The van der Waals surface area contributed by atoms with E-state index in [0.717, 1.165) is 36.2 Å². The van der Waals surface area contributed by atoms with Gasteiger partial charge in [0.2, 0.25) is 11.7 Å². The predicted octanol–water partition coefficient (Wildman–Crippen LogP) is 2.68. The highest BCUT2D eigenvalue weighted by Crippen LogP contribution is 2.18. The van der Waals surface area contributed by atoms with Crippen molar-refractivity contribution in [3.8, 4) is 11.5 Å². The molecule has 0 fully saturated rings. The van der Waals surface area contributed by atoms with Gasteiger partial charge >= 0.3 is 0 Å². The lowest BCUT2D eigenvalue weighted by Gasteiger charge is -2.09. The average molecular weight is 274 g/mol. The van der Waals surface area contributed by atoms with Gasteiger partial charge in [0.25, 0.3) is 0 Å². The van der Waals surface area contributed by atoms with Gasteiger partial charge in [0, 0.05) is 18.7 Å². The van der Waals surface area contributed by atoms with Gasteiger partial charge in [0.15, 0.2) is 0 Å². The van der Waals surface area contributed by atoms with Crippen LogP contribution in [0.5, 0.6) is 0 Å². The van der Waals surface area contributed by atoms with E-state index in [1.807, 2.05) is 20.0 Å². The second-order valence-corrected chi connectivity index (χ2v) is 5.25. The Labute approximate surface area is 119 Å². The first-order chi connectivity index (χ1) is 9.60. The van der Waals surface area contributed by atoms with Crippen molar-refractivity contribution >= 4 is 0 Å². The molecule has 0 spiro atoms. The summed E-state index contributed by atoms with van der Waals surface area (Å²) in [6, 6.07) is 2.40. The third-order valence-corrected chi connectivity index (χ3v) is 3.12. The minimum Gasteiger partial charge on any atom is -0.339 e. The van der Waals surface area contributed by atoms with E-state index in [-0.39, 0.29) is 0 Å². The molecule has 2 rings (SSSR count). The topological polar surface area (TPSA) is 63.8 Å². The molecule has 20 heavy (non-hydrogen) atoms. The van der Waals surface area contributed by atoms with E-state index in [1.165, 1.54) is 0 Å². The standard InChI is InChI=1S/C15H22N4O/c1-5-6-16-12(4)8-13-18-15(19-20-13)14-11(3)7-10(2)9-17-14/h7,9,12,16H,5-6,8H2,1-4H3. The van der Waals surface area contributed by atoms with Crippen molar-refractivity contribution in [2.75, 3.05) is 6.54 Å².